The van der Waals surface area contributed by atoms with Crippen LogP contribution in [-0.2, 0) is 13.7 Å². The second kappa shape index (κ2) is 18.3. The van der Waals surface area contributed by atoms with Crippen LogP contribution < -0.4 is 33.2 Å². The van der Waals surface area contributed by atoms with Gasteiger partial charge in [0.25, 0.3) is 0 Å². The third-order valence-corrected chi connectivity index (χ3v) is 15.8. The van der Waals surface area contributed by atoms with Gasteiger partial charge in [-0.05, 0) is 85.8 Å². The monoisotopic (exact) mass is 850 g/mol. The van der Waals surface area contributed by atoms with Gasteiger partial charge in [0.15, 0.2) is 0 Å². The zero-order chi connectivity index (χ0) is 42.4. The summed E-state index contributed by atoms with van der Waals surface area (Å²) in [5.74, 6) is 1.05. The molecule has 3 atom stereocenters. The van der Waals surface area contributed by atoms with Gasteiger partial charge in [-0.2, -0.15) is 9.34 Å². The zero-order valence-corrected chi connectivity index (χ0v) is 36.5. The number of rotatable bonds is 19. The van der Waals surface area contributed by atoms with Gasteiger partial charge in [0, 0.05) is 31.7 Å². The van der Waals surface area contributed by atoms with Crippen molar-refractivity contribution in [3.63, 3.8) is 0 Å². The van der Waals surface area contributed by atoms with Crippen LogP contribution in [0, 0.1) is 27.7 Å². The lowest BCUT2D eigenvalue weighted by Crippen LogP contribution is -2.30. The lowest BCUT2D eigenvalue weighted by atomic mass is 10.0. The van der Waals surface area contributed by atoms with Gasteiger partial charge >= 0.3 is 22.9 Å². The molecule has 0 amide bonds. The minimum atomic E-state index is -4.40. The summed E-state index contributed by atoms with van der Waals surface area (Å²) < 4.78 is 82.0. The van der Waals surface area contributed by atoms with E-state index in [1.54, 1.807) is 48.6 Å². The number of para-hydroxylation sites is 3. The van der Waals surface area contributed by atoms with Gasteiger partial charge in [-0.15, -0.1) is 26.3 Å². The molecule has 5 aromatic rings. The van der Waals surface area contributed by atoms with Gasteiger partial charge in [-0.25, -0.2) is 9.13 Å². The van der Waals surface area contributed by atoms with Crippen molar-refractivity contribution in [3.05, 3.63) is 176 Å². The highest BCUT2D eigenvalue weighted by molar-refractivity contribution is 7.75. The molecule has 5 aromatic carbocycles. The lowest BCUT2D eigenvalue weighted by molar-refractivity contribution is 0.301. The molecule has 0 aliphatic carbocycles. The fraction of sp³-hybridized carbons (Fsp3) is 0.174. The Morgan fingerprint density at radius 1 is 0.559 bits per heavy atom. The lowest BCUT2D eigenvalue weighted by Gasteiger charge is -2.33. The molecule has 0 fully saturated rings. The second-order valence-electron chi connectivity index (χ2n) is 13.9. The second-order valence-corrected chi connectivity index (χ2v) is 19.9. The van der Waals surface area contributed by atoms with E-state index in [1.807, 2.05) is 88.4 Å². The van der Waals surface area contributed by atoms with E-state index >= 15 is 13.7 Å². The Balaban J connectivity index is 1.58. The van der Waals surface area contributed by atoms with Crippen LogP contribution in [0.1, 0.15) is 22.3 Å². The molecule has 10 nitrogen and oxygen atoms in total. The van der Waals surface area contributed by atoms with E-state index in [0.29, 0.717) is 28.1 Å². The molecule has 0 N–H and O–H groups in total. The normalized spacial score (nSPS) is 16.3. The molecule has 3 unspecified atom stereocenters. The number of nitrogens with zero attached hydrogens (tertiary/aromatic N) is 2. The first kappa shape index (κ1) is 43.3. The molecule has 13 heteroatoms. The maximum absolute atomic E-state index is 16.0. The predicted molar refractivity (Wildman–Crippen MR) is 239 cm³/mol. The van der Waals surface area contributed by atoms with E-state index in [2.05, 4.69) is 26.3 Å². The smallest absolute Gasteiger partial charge is 0.436 e. The molecule has 0 aromatic heterocycles. The number of fused-ring (bicyclic) bond motifs is 3. The first-order chi connectivity index (χ1) is 28.3. The summed E-state index contributed by atoms with van der Waals surface area (Å²) in [5.41, 5.74) is 4.37. The van der Waals surface area contributed by atoms with Crippen LogP contribution in [0.2, 0.25) is 0 Å². The minimum absolute atomic E-state index is 0.00903. The molecule has 59 heavy (non-hydrogen) atoms. The summed E-state index contributed by atoms with van der Waals surface area (Å²) in [6, 6.07) is 30.0. The first-order valence-electron chi connectivity index (χ1n) is 19.0. The molecular formula is C46H49N2O8P3. The topological polar surface area (TPSA) is 104 Å². The molecule has 0 spiro atoms. The quantitative estimate of drug-likeness (QED) is 0.0589. The number of hydrogen-bond acceptors (Lipinski definition) is 8. The molecule has 6 rings (SSSR count). The molecular weight excluding hydrogens is 801 g/mol. The van der Waals surface area contributed by atoms with Gasteiger partial charge in [-0.1, -0.05) is 97.1 Å². The fourth-order valence-corrected chi connectivity index (χ4v) is 12.8. The van der Waals surface area contributed by atoms with Crippen molar-refractivity contribution in [1.29, 1.82) is 0 Å². The zero-order valence-electron chi connectivity index (χ0n) is 33.8. The molecule has 1 aliphatic heterocycles. The molecule has 1 aliphatic rings. The highest BCUT2D eigenvalue weighted by atomic mass is 31.2. The van der Waals surface area contributed by atoms with Gasteiger partial charge in [-0.3, -0.25) is 4.57 Å². The van der Waals surface area contributed by atoms with E-state index in [0.717, 1.165) is 27.8 Å². The Hall–Kier alpha value is -5.33. The molecule has 0 bridgehead atoms. The van der Waals surface area contributed by atoms with E-state index in [-0.39, 0.29) is 43.0 Å². The van der Waals surface area contributed by atoms with Crippen molar-refractivity contribution in [2.75, 3.05) is 26.2 Å². The van der Waals surface area contributed by atoms with Crippen molar-refractivity contribution in [1.82, 2.24) is 9.34 Å². The van der Waals surface area contributed by atoms with Gasteiger partial charge in [0.2, 0.25) is 0 Å². The van der Waals surface area contributed by atoms with Crippen molar-refractivity contribution < 1.29 is 36.3 Å². The van der Waals surface area contributed by atoms with Crippen LogP contribution in [0.15, 0.2) is 154 Å². The molecule has 0 radical (unpaired) electrons. The third-order valence-electron chi connectivity index (χ3n) is 9.59. The van der Waals surface area contributed by atoms with Crippen LogP contribution >= 0.6 is 22.9 Å². The summed E-state index contributed by atoms with van der Waals surface area (Å²) in [5, 5.41) is 0.354. The largest absolute Gasteiger partial charge is 0.516 e. The van der Waals surface area contributed by atoms with Crippen molar-refractivity contribution >= 4 is 33.5 Å². The van der Waals surface area contributed by atoms with Crippen LogP contribution in [0.5, 0.6) is 28.7 Å². The summed E-state index contributed by atoms with van der Waals surface area (Å²) in [6.45, 7) is 23.3. The van der Waals surface area contributed by atoms with Crippen LogP contribution in [0.3, 0.4) is 0 Å². The highest BCUT2D eigenvalue weighted by Gasteiger charge is 2.45. The Bertz CT molecular complexity index is 2490. The summed E-state index contributed by atoms with van der Waals surface area (Å²) in [7, 11) is -12.9. The van der Waals surface area contributed by atoms with Crippen molar-refractivity contribution in [2.24, 2.45) is 0 Å². The summed E-state index contributed by atoms with van der Waals surface area (Å²) in [6.07, 6.45) is 6.34. The van der Waals surface area contributed by atoms with Crippen molar-refractivity contribution in [2.45, 2.75) is 27.7 Å². The van der Waals surface area contributed by atoms with Gasteiger partial charge in [0.05, 0.1) is 10.6 Å². The minimum Gasteiger partial charge on any atom is -0.436 e. The summed E-state index contributed by atoms with van der Waals surface area (Å²) in [4.78, 5) is 0. The number of benzene rings is 5. The average Bonchev–Trinajstić information content (AvgIpc) is 3.21. The maximum atomic E-state index is 16.0. The van der Waals surface area contributed by atoms with E-state index in [4.69, 9.17) is 22.6 Å². The SMILES string of the molecule is C=CCN(CC=C)P(=O)(Oc1ccc(OP(=O)(Oc2c(C)cccc2C)N(CC=C)CC=C)c(P2(=O)Oc3ccccc3-c3ccccc32)c1)Oc1c(C)cccc1C. The van der Waals surface area contributed by atoms with E-state index in [9.17, 15) is 0 Å². The first-order valence-corrected chi connectivity index (χ1v) is 23.6. The average molecular weight is 851 g/mol. The fourth-order valence-electron chi connectivity index (χ4n) is 6.74. The molecule has 306 valence electrons. The molecule has 0 saturated carbocycles. The Morgan fingerprint density at radius 2 is 1.02 bits per heavy atom. The van der Waals surface area contributed by atoms with Crippen LogP contribution in [-0.4, -0.2) is 35.5 Å². The van der Waals surface area contributed by atoms with Gasteiger partial charge < -0.3 is 22.6 Å². The number of aryl methyl sites for hydroxylation is 4. The summed E-state index contributed by atoms with van der Waals surface area (Å²) >= 11 is 0. The Labute approximate surface area is 347 Å². The van der Waals surface area contributed by atoms with E-state index in [1.165, 1.54) is 27.5 Å². The third kappa shape index (κ3) is 8.99. The standard InChI is InChI=1S/C46H49N2O8P3/c1-9-29-47(30-10-2)58(50,55-45-34(5)19-17-20-35(45)6)52-38-27-28-42(54-59(51,48(31-11-3)32-12-4)56-46-36(7)21-18-22-37(46)8)44(33-38)57(49)43-26-16-14-24-40(43)39-23-13-15-25-41(39)53-57/h9-28,33H,1-4,29-32H2,5-8H3. The molecule has 1 heterocycles. The van der Waals surface area contributed by atoms with Crippen molar-refractivity contribution in [3.8, 4) is 39.9 Å². The maximum Gasteiger partial charge on any atom is 0.516 e. The van der Waals surface area contributed by atoms with Gasteiger partial charge in [0.1, 0.15) is 28.7 Å². The number of hydrogen-bond donors (Lipinski definition) is 0. The van der Waals surface area contributed by atoms with Crippen LogP contribution in [0.25, 0.3) is 11.1 Å². The molecule has 0 saturated heterocycles. The van der Waals surface area contributed by atoms with E-state index < -0.39 is 22.9 Å². The Kier molecular flexibility index (Phi) is 13.4. The highest BCUT2D eigenvalue weighted by Crippen LogP contribution is 2.60. The van der Waals surface area contributed by atoms with Crippen LogP contribution in [0.4, 0.5) is 0 Å². The predicted octanol–water partition coefficient (Wildman–Crippen LogP) is 11.7. The Morgan fingerprint density at radius 3 is 1.53 bits per heavy atom.